The number of amides is 1. The monoisotopic (exact) mass is 482 g/mol. The summed E-state index contributed by atoms with van der Waals surface area (Å²) in [6, 6.07) is -2.80. The van der Waals surface area contributed by atoms with E-state index in [9.17, 15) is 28.4 Å². The van der Waals surface area contributed by atoms with Crippen molar-refractivity contribution in [3.05, 3.63) is 0 Å². The number of hydrogen-bond donors (Lipinski definition) is 2. The topological polar surface area (TPSA) is 170 Å². The number of esters is 4. The maximum atomic E-state index is 15.5. The molecule has 0 aromatic carbocycles. The van der Waals surface area contributed by atoms with Crippen LogP contribution in [0.2, 0.25) is 0 Å². The summed E-state index contributed by atoms with van der Waals surface area (Å²) in [7, 11) is 0.788. The Hall–Kier alpha value is -2.87. The fourth-order valence-corrected chi connectivity index (χ4v) is 3.29. The average Bonchev–Trinajstić information content (AvgIpc) is 2.78. The zero-order chi connectivity index (χ0) is 25.5. The first-order valence-electron chi connectivity index (χ1n) is 9.82. The second-order valence-corrected chi connectivity index (χ2v) is 7.34. The standard InChI is InChI=1S/C19H28F2N2O10/c1-8(24)23-15-12(22)6-14(20)19(21,18(28)29-5)33-17(15)16(32-11(4)27)13(31-10(3)26)7-30-9(2)25/h12-17H,6-7,22H2,1-5H3,(H,23,24). The molecule has 1 amide bonds. The first kappa shape index (κ1) is 28.2. The third-order valence-electron chi connectivity index (χ3n) is 4.60. The molecule has 1 rings (SSSR count). The number of carbonyl (C=O) groups excluding carboxylic acids is 5. The van der Waals surface area contributed by atoms with Crippen molar-refractivity contribution >= 4 is 29.8 Å². The van der Waals surface area contributed by atoms with E-state index in [4.69, 9.17) is 24.7 Å². The summed E-state index contributed by atoms with van der Waals surface area (Å²) < 4.78 is 54.9. The molecule has 1 saturated heterocycles. The largest absolute Gasteiger partial charge is 0.465 e. The molecule has 12 nitrogen and oxygen atoms in total. The van der Waals surface area contributed by atoms with Crippen LogP contribution in [0.3, 0.4) is 0 Å². The molecule has 0 bridgehead atoms. The molecule has 0 saturated carbocycles. The number of alkyl halides is 2. The van der Waals surface area contributed by atoms with Crippen LogP contribution >= 0.6 is 0 Å². The first-order chi connectivity index (χ1) is 15.2. The molecule has 3 N–H and O–H groups in total. The maximum absolute atomic E-state index is 15.5. The highest BCUT2D eigenvalue weighted by atomic mass is 19.2. The quantitative estimate of drug-likeness (QED) is 0.328. The van der Waals surface area contributed by atoms with Crippen LogP contribution in [0, 0.1) is 0 Å². The molecule has 0 spiro atoms. The van der Waals surface area contributed by atoms with Crippen molar-refractivity contribution in [2.45, 2.75) is 76.5 Å². The summed E-state index contributed by atoms with van der Waals surface area (Å²) in [5, 5.41) is 2.35. The van der Waals surface area contributed by atoms with Gasteiger partial charge in [-0.05, 0) is 0 Å². The van der Waals surface area contributed by atoms with Gasteiger partial charge in [0.25, 0.3) is 0 Å². The van der Waals surface area contributed by atoms with Crippen molar-refractivity contribution in [1.29, 1.82) is 0 Å². The maximum Gasteiger partial charge on any atom is 0.375 e. The van der Waals surface area contributed by atoms with Gasteiger partial charge in [0.2, 0.25) is 5.91 Å². The number of nitrogens with two attached hydrogens (primary N) is 1. The zero-order valence-corrected chi connectivity index (χ0v) is 18.8. The minimum Gasteiger partial charge on any atom is -0.465 e. The number of carbonyl (C=O) groups is 5. The first-order valence-corrected chi connectivity index (χ1v) is 9.82. The van der Waals surface area contributed by atoms with Crippen molar-refractivity contribution in [3.63, 3.8) is 0 Å². The van der Waals surface area contributed by atoms with E-state index in [1.807, 2.05) is 0 Å². The summed E-state index contributed by atoms with van der Waals surface area (Å²) in [5.41, 5.74) is 5.98. The van der Waals surface area contributed by atoms with Crippen LogP contribution in [0.4, 0.5) is 8.78 Å². The minimum absolute atomic E-state index is 0.689. The number of rotatable bonds is 8. The molecule has 0 radical (unpaired) electrons. The molecule has 7 atom stereocenters. The summed E-state index contributed by atoms with van der Waals surface area (Å²) in [6.45, 7) is 3.37. The molecular weight excluding hydrogens is 454 g/mol. The van der Waals surface area contributed by atoms with Crippen LogP contribution in [0.1, 0.15) is 34.1 Å². The van der Waals surface area contributed by atoms with Crippen molar-refractivity contribution in [3.8, 4) is 0 Å². The molecule has 1 aliphatic rings. The van der Waals surface area contributed by atoms with Crippen molar-refractivity contribution in [1.82, 2.24) is 5.32 Å². The highest BCUT2D eigenvalue weighted by molar-refractivity contribution is 5.79. The molecule has 1 heterocycles. The van der Waals surface area contributed by atoms with Crippen LogP contribution < -0.4 is 11.1 Å². The summed E-state index contributed by atoms with van der Waals surface area (Å²) in [5.74, 6) is -8.87. The Balaban J connectivity index is 3.64. The fraction of sp³-hybridized carbons (Fsp3) is 0.737. The Morgan fingerprint density at radius 1 is 1.09 bits per heavy atom. The van der Waals surface area contributed by atoms with Gasteiger partial charge in [-0.25, -0.2) is 9.18 Å². The third-order valence-corrected chi connectivity index (χ3v) is 4.60. The molecule has 1 fully saturated rings. The van der Waals surface area contributed by atoms with E-state index in [1.165, 1.54) is 0 Å². The zero-order valence-electron chi connectivity index (χ0n) is 18.8. The Bertz CT molecular complexity index is 767. The molecule has 33 heavy (non-hydrogen) atoms. The van der Waals surface area contributed by atoms with Crippen molar-refractivity contribution < 1.29 is 56.4 Å². The van der Waals surface area contributed by atoms with Crippen LogP contribution in [-0.4, -0.2) is 85.9 Å². The fourth-order valence-electron chi connectivity index (χ4n) is 3.29. The van der Waals surface area contributed by atoms with Crippen LogP contribution in [-0.2, 0) is 47.7 Å². The Morgan fingerprint density at radius 3 is 2.12 bits per heavy atom. The van der Waals surface area contributed by atoms with Gasteiger partial charge in [-0.1, -0.05) is 0 Å². The van der Waals surface area contributed by atoms with Gasteiger partial charge in [0.15, 0.2) is 18.4 Å². The van der Waals surface area contributed by atoms with Crippen LogP contribution in [0.15, 0.2) is 0 Å². The lowest BCUT2D eigenvalue weighted by Crippen LogP contribution is -2.62. The molecule has 0 aromatic rings. The Labute approximate surface area is 188 Å². The van der Waals surface area contributed by atoms with Gasteiger partial charge in [0.05, 0.1) is 13.2 Å². The molecule has 1 aliphatic heterocycles. The number of halogens is 2. The van der Waals surface area contributed by atoms with Crippen LogP contribution in [0.25, 0.3) is 0 Å². The van der Waals surface area contributed by atoms with E-state index in [0.717, 1.165) is 34.8 Å². The normalized spacial score (nSPS) is 29.0. The second-order valence-electron chi connectivity index (χ2n) is 7.34. The van der Waals surface area contributed by atoms with Gasteiger partial charge < -0.3 is 34.7 Å². The molecule has 188 valence electrons. The van der Waals surface area contributed by atoms with Crippen molar-refractivity contribution in [2.24, 2.45) is 5.73 Å². The summed E-state index contributed by atoms with van der Waals surface area (Å²) >= 11 is 0. The van der Waals surface area contributed by atoms with Gasteiger partial charge in [-0.15, -0.1) is 0 Å². The number of hydrogen-bond acceptors (Lipinski definition) is 11. The SMILES string of the molecule is COC(=O)C1(F)OC(C(OC(C)=O)C(COC(C)=O)OC(C)=O)C(NC(C)=O)C(N)CC1F. The molecule has 0 aliphatic carbocycles. The second kappa shape index (κ2) is 11.8. The van der Waals surface area contributed by atoms with E-state index >= 15 is 4.39 Å². The van der Waals surface area contributed by atoms with Gasteiger partial charge in [-0.2, -0.15) is 4.39 Å². The van der Waals surface area contributed by atoms with E-state index in [0.29, 0.717) is 0 Å². The Morgan fingerprint density at radius 2 is 1.67 bits per heavy atom. The molecular formula is C19H28F2N2O10. The predicted octanol–water partition coefficient (Wildman–Crippen LogP) is -0.789. The number of ether oxygens (including phenoxy) is 5. The minimum atomic E-state index is -3.72. The highest BCUT2D eigenvalue weighted by Gasteiger charge is 2.59. The van der Waals surface area contributed by atoms with E-state index in [1.54, 1.807) is 0 Å². The number of methoxy groups -OCH3 is 1. The van der Waals surface area contributed by atoms with Gasteiger partial charge in [-0.3, -0.25) is 19.2 Å². The van der Waals surface area contributed by atoms with E-state index < -0.39 is 85.2 Å². The lowest BCUT2D eigenvalue weighted by Gasteiger charge is -2.38. The Kier molecular flexibility index (Phi) is 10.1. The third kappa shape index (κ3) is 7.60. The molecule has 14 heteroatoms. The lowest BCUT2D eigenvalue weighted by atomic mass is 9.93. The number of nitrogens with one attached hydrogen (secondary N) is 1. The molecule has 0 aromatic heterocycles. The van der Waals surface area contributed by atoms with E-state index in [-0.39, 0.29) is 0 Å². The smallest absolute Gasteiger partial charge is 0.375 e. The van der Waals surface area contributed by atoms with Gasteiger partial charge in [0, 0.05) is 40.2 Å². The van der Waals surface area contributed by atoms with Crippen molar-refractivity contribution in [2.75, 3.05) is 13.7 Å². The summed E-state index contributed by atoms with van der Waals surface area (Å²) in [6.07, 6.45) is -8.75. The molecule has 7 unspecified atom stereocenters. The van der Waals surface area contributed by atoms with Gasteiger partial charge >= 0.3 is 29.7 Å². The summed E-state index contributed by atoms with van der Waals surface area (Å²) in [4.78, 5) is 58.7. The van der Waals surface area contributed by atoms with Gasteiger partial charge in [0.1, 0.15) is 12.7 Å². The lowest BCUT2D eigenvalue weighted by molar-refractivity contribution is -0.251. The van der Waals surface area contributed by atoms with Crippen LogP contribution in [0.5, 0.6) is 0 Å². The average molecular weight is 482 g/mol. The van der Waals surface area contributed by atoms with E-state index in [2.05, 4.69) is 10.1 Å². The highest BCUT2D eigenvalue weighted by Crippen LogP contribution is 2.35. The predicted molar refractivity (Wildman–Crippen MR) is 104 cm³/mol.